The van der Waals surface area contributed by atoms with Gasteiger partial charge in [-0.2, -0.15) is 0 Å². The second kappa shape index (κ2) is 7.50. The summed E-state index contributed by atoms with van der Waals surface area (Å²) in [7, 11) is 1.57. The summed E-state index contributed by atoms with van der Waals surface area (Å²) in [5.41, 5.74) is 2.00. The van der Waals surface area contributed by atoms with Gasteiger partial charge in [-0.25, -0.2) is 4.98 Å². The number of hydrogen-bond acceptors (Lipinski definition) is 5. The summed E-state index contributed by atoms with van der Waals surface area (Å²) in [4.78, 5) is 4.08. The highest BCUT2D eigenvalue weighted by Gasteiger charge is 2.05. The molecule has 1 aromatic heterocycles. The number of aliphatic hydroxyl groups is 1. The van der Waals surface area contributed by atoms with Gasteiger partial charge in [0.25, 0.3) is 0 Å². The minimum Gasteiger partial charge on any atom is -0.491 e. The van der Waals surface area contributed by atoms with E-state index in [1.807, 2.05) is 37.3 Å². The largest absolute Gasteiger partial charge is 0.491 e. The number of hydrogen-bond donors (Lipinski definition) is 2. The summed E-state index contributed by atoms with van der Waals surface area (Å²) in [6.45, 7) is 2.64. The summed E-state index contributed by atoms with van der Waals surface area (Å²) in [6, 6.07) is 11.3. The molecule has 21 heavy (non-hydrogen) atoms. The van der Waals surface area contributed by atoms with Gasteiger partial charge in [-0.05, 0) is 25.1 Å². The normalized spacial score (nSPS) is 11.8. The van der Waals surface area contributed by atoms with E-state index in [2.05, 4.69) is 10.3 Å². The molecule has 2 aromatic rings. The van der Waals surface area contributed by atoms with E-state index >= 15 is 0 Å². The Bertz CT molecular complexity index is 540. The van der Waals surface area contributed by atoms with Gasteiger partial charge in [0.15, 0.2) is 0 Å². The van der Waals surface area contributed by atoms with Gasteiger partial charge in [-0.1, -0.05) is 17.7 Å². The molecular weight excluding hydrogens is 268 g/mol. The fraction of sp³-hybridized carbons (Fsp3) is 0.312. The average Bonchev–Trinajstić information content (AvgIpc) is 2.53. The Balaban J connectivity index is 1.73. The van der Waals surface area contributed by atoms with Crippen molar-refractivity contribution in [2.75, 3.05) is 25.6 Å². The number of ether oxygens (including phenoxy) is 2. The molecule has 1 atom stereocenters. The number of anilines is 1. The molecule has 5 nitrogen and oxygen atoms in total. The van der Waals surface area contributed by atoms with Crippen molar-refractivity contribution in [1.29, 1.82) is 0 Å². The third-order valence-electron chi connectivity index (χ3n) is 2.95. The van der Waals surface area contributed by atoms with Crippen LogP contribution in [-0.2, 0) is 0 Å². The minimum absolute atomic E-state index is 0.236. The van der Waals surface area contributed by atoms with Crippen LogP contribution in [0.2, 0.25) is 0 Å². The Morgan fingerprint density at radius 1 is 1.19 bits per heavy atom. The van der Waals surface area contributed by atoms with Gasteiger partial charge in [-0.15, -0.1) is 0 Å². The molecule has 0 saturated carbocycles. The molecule has 0 fully saturated rings. The molecule has 2 rings (SSSR count). The second-order valence-electron chi connectivity index (χ2n) is 4.75. The van der Waals surface area contributed by atoms with Gasteiger partial charge < -0.3 is 19.9 Å². The number of benzene rings is 1. The van der Waals surface area contributed by atoms with E-state index in [4.69, 9.17) is 9.47 Å². The molecule has 2 N–H and O–H groups in total. The Morgan fingerprint density at radius 2 is 1.95 bits per heavy atom. The van der Waals surface area contributed by atoms with Crippen molar-refractivity contribution in [3.63, 3.8) is 0 Å². The smallest absolute Gasteiger partial charge is 0.213 e. The molecule has 1 heterocycles. The van der Waals surface area contributed by atoms with E-state index in [1.54, 1.807) is 19.4 Å². The lowest BCUT2D eigenvalue weighted by Crippen LogP contribution is -2.26. The van der Waals surface area contributed by atoms with Crippen LogP contribution in [0.1, 0.15) is 5.56 Å². The van der Waals surface area contributed by atoms with Crippen molar-refractivity contribution in [2.45, 2.75) is 13.0 Å². The van der Waals surface area contributed by atoms with Gasteiger partial charge >= 0.3 is 0 Å². The number of nitrogens with zero attached hydrogens (tertiary/aromatic N) is 1. The lowest BCUT2D eigenvalue weighted by atomic mass is 10.2. The van der Waals surface area contributed by atoms with Gasteiger partial charge in [0.2, 0.25) is 5.88 Å². The zero-order chi connectivity index (χ0) is 15.1. The van der Waals surface area contributed by atoms with Crippen molar-refractivity contribution in [3.8, 4) is 11.6 Å². The number of methoxy groups -OCH3 is 1. The van der Waals surface area contributed by atoms with Crippen LogP contribution >= 0.6 is 0 Å². The summed E-state index contributed by atoms with van der Waals surface area (Å²) in [5, 5.41) is 13.0. The van der Waals surface area contributed by atoms with E-state index < -0.39 is 6.10 Å². The molecular formula is C16H20N2O3. The first-order valence-corrected chi connectivity index (χ1v) is 6.79. The van der Waals surface area contributed by atoms with Crippen LogP contribution in [0.3, 0.4) is 0 Å². The zero-order valence-electron chi connectivity index (χ0n) is 12.2. The van der Waals surface area contributed by atoms with Crippen molar-refractivity contribution in [1.82, 2.24) is 4.98 Å². The van der Waals surface area contributed by atoms with E-state index in [9.17, 15) is 5.11 Å². The molecule has 0 amide bonds. The molecule has 0 aliphatic heterocycles. The van der Waals surface area contributed by atoms with Crippen LogP contribution in [0, 0.1) is 6.92 Å². The number of aromatic nitrogens is 1. The summed E-state index contributed by atoms with van der Waals surface area (Å²) in [5.74, 6) is 1.31. The fourth-order valence-corrected chi connectivity index (χ4v) is 1.73. The number of nitrogens with one attached hydrogen (secondary N) is 1. The molecule has 1 aromatic carbocycles. The summed E-state index contributed by atoms with van der Waals surface area (Å²) >= 11 is 0. The van der Waals surface area contributed by atoms with Gasteiger partial charge in [-0.3, -0.25) is 0 Å². The lowest BCUT2D eigenvalue weighted by molar-refractivity contribution is 0.117. The highest BCUT2D eigenvalue weighted by Crippen LogP contribution is 2.13. The number of rotatable bonds is 7. The van der Waals surface area contributed by atoms with Crippen molar-refractivity contribution < 1.29 is 14.6 Å². The maximum absolute atomic E-state index is 9.89. The molecule has 0 spiro atoms. The number of aryl methyl sites for hydroxylation is 1. The molecule has 0 bridgehead atoms. The lowest BCUT2D eigenvalue weighted by Gasteiger charge is -2.14. The average molecular weight is 288 g/mol. The van der Waals surface area contributed by atoms with Crippen LogP contribution in [-0.4, -0.2) is 36.5 Å². The Hall–Kier alpha value is -2.27. The highest BCUT2D eigenvalue weighted by molar-refractivity contribution is 5.42. The summed E-state index contributed by atoms with van der Waals surface area (Å²) < 4.78 is 10.5. The summed E-state index contributed by atoms with van der Waals surface area (Å²) in [6.07, 6.45) is 1.06. The third-order valence-corrected chi connectivity index (χ3v) is 2.95. The highest BCUT2D eigenvalue weighted by atomic mass is 16.5. The second-order valence-corrected chi connectivity index (χ2v) is 4.75. The SMILES string of the molecule is COc1ccc(NCC(O)COc2ccc(C)cc2)cn1. The topological polar surface area (TPSA) is 63.6 Å². The predicted molar refractivity (Wildman–Crippen MR) is 82.0 cm³/mol. The third kappa shape index (κ3) is 4.96. The Labute approximate surface area is 124 Å². The molecule has 1 unspecified atom stereocenters. The van der Waals surface area contributed by atoms with Crippen LogP contribution < -0.4 is 14.8 Å². The van der Waals surface area contributed by atoms with E-state index in [0.717, 1.165) is 11.4 Å². The van der Waals surface area contributed by atoms with Crippen LogP contribution in [0.5, 0.6) is 11.6 Å². The standard InChI is InChI=1S/C16H20N2O3/c1-12-3-6-15(7-4-12)21-11-14(19)10-17-13-5-8-16(20-2)18-9-13/h3-9,14,17,19H,10-11H2,1-2H3. The first kappa shape index (κ1) is 15.1. The molecule has 0 aliphatic carbocycles. The van der Waals surface area contributed by atoms with E-state index in [0.29, 0.717) is 12.4 Å². The molecule has 0 saturated heterocycles. The first-order chi connectivity index (χ1) is 10.2. The Kier molecular flexibility index (Phi) is 5.40. The fourth-order valence-electron chi connectivity index (χ4n) is 1.73. The van der Waals surface area contributed by atoms with E-state index in [-0.39, 0.29) is 6.61 Å². The Morgan fingerprint density at radius 3 is 2.57 bits per heavy atom. The molecule has 112 valence electrons. The predicted octanol–water partition coefficient (Wildman–Crippen LogP) is 2.25. The molecule has 5 heteroatoms. The maximum atomic E-state index is 9.89. The van der Waals surface area contributed by atoms with Crippen molar-refractivity contribution in [3.05, 3.63) is 48.2 Å². The number of pyridine rings is 1. The first-order valence-electron chi connectivity index (χ1n) is 6.79. The van der Waals surface area contributed by atoms with Gasteiger partial charge in [0.1, 0.15) is 18.5 Å². The molecule has 0 radical (unpaired) electrons. The van der Waals surface area contributed by atoms with Crippen molar-refractivity contribution in [2.24, 2.45) is 0 Å². The molecule has 0 aliphatic rings. The van der Waals surface area contributed by atoms with Gasteiger partial charge in [0.05, 0.1) is 19.0 Å². The van der Waals surface area contributed by atoms with Crippen LogP contribution in [0.15, 0.2) is 42.6 Å². The quantitative estimate of drug-likeness (QED) is 0.818. The monoisotopic (exact) mass is 288 g/mol. The van der Waals surface area contributed by atoms with Crippen LogP contribution in [0.25, 0.3) is 0 Å². The van der Waals surface area contributed by atoms with Crippen molar-refractivity contribution >= 4 is 5.69 Å². The van der Waals surface area contributed by atoms with E-state index in [1.165, 1.54) is 5.56 Å². The van der Waals surface area contributed by atoms with Crippen LogP contribution in [0.4, 0.5) is 5.69 Å². The maximum Gasteiger partial charge on any atom is 0.213 e. The number of aliphatic hydroxyl groups excluding tert-OH is 1. The minimum atomic E-state index is -0.603. The van der Waals surface area contributed by atoms with Gasteiger partial charge in [0, 0.05) is 12.6 Å². The zero-order valence-corrected chi connectivity index (χ0v) is 12.2.